The van der Waals surface area contributed by atoms with Gasteiger partial charge in [-0.15, -0.1) is 0 Å². The Morgan fingerprint density at radius 3 is 2.71 bits per heavy atom. The second kappa shape index (κ2) is 5.20. The molecule has 0 aromatic heterocycles. The Morgan fingerprint density at radius 2 is 2.06 bits per heavy atom. The van der Waals surface area contributed by atoms with Crippen molar-refractivity contribution in [1.82, 2.24) is 0 Å². The average molecular weight is 246 g/mol. The van der Waals surface area contributed by atoms with Crippen molar-refractivity contribution in [2.45, 2.75) is 69.2 Å². The molecule has 0 amide bonds. The minimum absolute atomic E-state index is 0.0130. The van der Waals surface area contributed by atoms with Gasteiger partial charge in [0.05, 0.1) is 18.3 Å². The third-order valence-electron chi connectivity index (χ3n) is 3.67. The zero-order valence-corrected chi connectivity index (χ0v) is 10.2. The fourth-order valence-corrected chi connectivity index (χ4v) is 2.81. The van der Waals surface area contributed by atoms with Gasteiger partial charge in [-0.25, -0.2) is 0 Å². The number of aliphatic hydroxyl groups excluding tert-OH is 3. The molecule has 2 saturated heterocycles. The summed E-state index contributed by atoms with van der Waals surface area (Å²) >= 11 is 0. The minimum Gasteiger partial charge on any atom is -0.396 e. The Balaban J connectivity index is 2.11. The lowest BCUT2D eigenvalue weighted by atomic mass is 9.88. The molecular weight excluding hydrogens is 224 g/mol. The van der Waals surface area contributed by atoms with Crippen LogP contribution >= 0.6 is 0 Å². The molecule has 100 valence electrons. The second-order valence-corrected chi connectivity index (χ2v) is 5.13. The second-order valence-electron chi connectivity index (χ2n) is 5.13. The van der Waals surface area contributed by atoms with E-state index >= 15 is 0 Å². The highest BCUT2D eigenvalue weighted by Crippen LogP contribution is 2.40. The Morgan fingerprint density at radius 1 is 1.29 bits per heavy atom. The summed E-state index contributed by atoms with van der Waals surface area (Å²) in [6, 6.07) is 0. The molecule has 0 radical (unpaired) electrons. The van der Waals surface area contributed by atoms with Crippen LogP contribution in [0.3, 0.4) is 0 Å². The van der Waals surface area contributed by atoms with Crippen LogP contribution in [0.2, 0.25) is 0 Å². The molecule has 2 aliphatic rings. The van der Waals surface area contributed by atoms with Crippen LogP contribution in [0.1, 0.15) is 39.0 Å². The van der Waals surface area contributed by atoms with E-state index in [9.17, 15) is 10.2 Å². The summed E-state index contributed by atoms with van der Waals surface area (Å²) in [6.45, 7) is 1.96. The van der Waals surface area contributed by atoms with Crippen molar-refractivity contribution in [2.24, 2.45) is 0 Å². The Hall–Kier alpha value is -0.200. The molecule has 0 aromatic rings. The smallest absolute Gasteiger partial charge is 0.197 e. The van der Waals surface area contributed by atoms with Crippen LogP contribution in [0.25, 0.3) is 0 Å². The van der Waals surface area contributed by atoms with E-state index in [0.717, 1.165) is 12.8 Å². The van der Waals surface area contributed by atoms with Gasteiger partial charge in [-0.3, -0.25) is 0 Å². The van der Waals surface area contributed by atoms with Gasteiger partial charge in [-0.05, 0) is 26.2 Å². The van der Waals surface area contributed by atoms with Gasteiger partial charge in [-0.2, -0.15) is 0 Å². The molecule has 2 aliphatic heterocycles. The Kier molecular flexibility index (Phi) is 4.05. The first-order valence-electron chi connectivity index (χ1n) is 6.40. The normalized spacial score (nSPS) is 47.3. The first kappa shape index (κ1) is 13.2. The predicted molar refractivity (Wildman–Crippen MR) is 60.3 cm³/mol. The van der Waals surface area contributed by atoms with Crippen LogP contribution < -0.4 is 0 Å². The summed E-state index contributed by atoms with van der Waals surface area (Å²) in [7, 11) is 0. The van der Waals surface area contributed by atoms with Crippen LogP contribution in [-0.4, -0.2) is 52.1 Å². The number of rotatable bonds is 2. The molecule has 0 unspecified atom stereocenters. The zero-order valence-electron chi connectivity index (χ0n) is 10.2. The van der Waals surface area contributed by atoms with Gasteiger partial charge < -0.3 is 24.8 Å². The van der Waals surface area contributed by atoms with E-state index in [4.69, 9.17) is 14.6 Å². The third-order valence-corrected chi connectivity index (χ3v) is 3.67. The SMILES string of the molecule is C[C@@H]1CCC[C@]2(O[C@@H](CCO)C[C@H](O)[C@H]2O)O1. The summed E-state index contributed by atoms with van der Waals surface area (Å²) in [5.74, 6) is -1.07. The van der Waals surface area contributed by atoms with E-state index < -0.39 is 18.0 Å². The van der Waals surface area contributed by atoms with Crippen LogP contribution in [0.15, 0.2) is 0 Å². The maximum atomic E-state index is 10.1. The summed E-state index contributed by atoms with van der Waals surface area (Å²) in [6.07, 6.45) is 1.20. The van der Waals surface area contributed by atoms with E-state index in [-0.39, 0.29) is 18.8 Å². The predicted octanol–water partition coefficient (Wildman–Crippen LogP) is 0.165. The number of hydrogen-bond donors (Lipinski definition) is 3. The lowest BCUT2D eigenvalue weighted by Gasteiger charge is -2.49. The molecule has 3 N–H and O–H groups in total. The van der Waals surface area contributed by atoms with Crippen molar-refractivity contribution in [3.05, 3.63) is 0 Å². The van der Waals surface area contributed by atoms with Crippen molar-refractivity contribution in [1.29, 1.82) is 0 Å². The lowest BCUT2D eigenvalue weighted by molar-refractivity contribution is -0.365. The molecule has 2 fully saturated rings. The number of ether oxygens (including phenoxy) is 2. The molecule has 2 heterocycles. The standard InChI is InChI=1S/C12H22O5/c1-8-3-2-5-12(16-8)11(15)10(14)7-9(17-12)4-6-13/h8-11,13-15H,2-7H2,1H3/t8-,9+,10+,11-,12-/m1/s1. The molecular formula is C12H22O5. The molecule has 0 aromatic carbocycles. The first-order valence-corrected chi connectivity index (χ1v) is 6.40. The first-order chi connectivity index (χ1) is 8.07. The van der Waals surface area contributed by atoms with Gasteiger partial charge in [0.25, 0.3) is 0 Å². The molecule has 0 aliphatic carbocycles. The maximum absolute atomic E-state index is 10.1. The average Bonchev–Trinajstić information content (AvgIpc) is 2.26. The van der Waals surface area contributed by atoms with Crippen LogP contribution in [0.4, 0.5) is 0 Å². The van der Waals surface area contributed by atoms with E-state index in [1.807, 2.05) is 6.92 Å². The Labute approximate surface area is 101 Å². The van der Waals surface area contributed by atoms with Crippen molar-refractivity contribution >= 4 is 0 Å². The van der Waals surface area contributed by atoms with Crippen molar-refractivity contribution in [3.63, 3.8) is 0 Å². The largest absolute Gasteiger partial charge is 0.396 e. The van der Waals surface area contributed by atoms with Crippen molar-refractivity contribution < 1.29 is 24.8 Å². The highest BCUT2D eigenvalue weighted by atomic mass is 16.7. The van der Waals surface area contributed by atoms with Gasteiger partial charge in [0.2, 0.25) is 0 Å². The summed E-state index contributed by atoms with van der Waals surface area (Å²) in [4.78, 5) is 0. The zero-order chi connectivity index (χ0) is 12.5. The van der Waals surface area contributed by atoms with E-state index in [2.05, 4.69) is 0 Å². The minimum atomic E-state index is -1.07. The summed E-state index contributed by atoms with van der Waals surface area (Å²) in [5.41, 5.74) is 0. The monoisotopic (exact) mass is 246 g/mol. The molecule has 17 heavy (non-hydrogen) atoms. The topological polar surface area (TPSA) is 79.2 Å². The summed E-state index contributed by atoms with van der Waals surface area (Å²) < 4.78 is 11.6. The van der Waals surface area contributed by atoms with Gasteiger partial charge in [0, 0.05) is 19.4 Å². The van der Waals surface area contributed by atoms with E-state index in [1.165, 1.54) is 0 Å². The molecule has 1 spiro atoms. The van der Waals surface area contributed by atoms with Crippen molar-refractivity contribution in [3.8, 4) is 0 Å². The lowest BCUT2D eigenvalue weighted by Crippen LogP contribution is -2.61. The fourth-order valence-electron chi connectivity index (χ4n) is 2.81. The molecule has 5 atom stereocenters. The summed E-state index contributed by atoms with van der Waals surface area (Å²) in [5, 5.41) is 28.9. The van der Waals surface area contributed by atoms with Gasteiger partial charge in [-0.1, -0.05) is 0 Å². The van der Waals surface area contributed by atoms with Crippen LogP contribution in [-0.2, 0) is 9.47 Å². The number of aliphatic hydroxyl groups is 3. The molecule has 5 nitrogen and oxygen atoms in total. The quantitative estimate of drug-likeness (QED) is 0.647. The fraction of sp³-hybridized carbons (Fsp3) is 1.00. The van der Waals surface area contributed by atoms with E-state index in [1.54, 1.807) is 0 Å². The van der Waals surface area contributed by atoms with E-state index in [0.29, 0.717) is 19.3 Å². The number of hydrogen-bond acceptors (Lipinski definition) is 5. The highest BCUT2D eigenvalue weighted by Gasteiger charge is 2.51. The molecule has 2 rings (SSSR count). The highest BCUT2D eigenvalue weighted by molar-refractivity contribution is 4.94. The van der Waals surface area contributed by atoms with Gasteiger partial charge in [0.1, 0.15) is 6.10 Å². The molecule has 0 bridgehead atoms. The van der Waals surface area contributed by atoms with Crippen LogP contribution in [0, 0.1) is 0 Å². The van der Waals surface area contributed by atoms with Gasteiger partial charge >= 0.3 is 0 Å². The third kappa shape index (κ3) is 2.63. The maximum Gasteiger partial charge on any atom is 0.197 e. The van der Waals surface area contributed by atoms with Crippen LogP contribution in [0.5, 0.6) is 0 Å². The molecule has 0 saturated carbocycles. The van der Waals surface area contributed by atoms with Crippen molar-refractivity contribution in [2.75, 3.05) is 6.61 Å². The van der Waals surface area contributed by atoms with Gasteiger partial charge in [0.15, 0.2) is 5.79 Å². The molecule has 5 heteroatoms. The Bertz CT molecular complexity index is 259.